The number of hydrogen-bond acceptors (Lipinski definition) is 4. The number of rotatable bonds is 7. The summed E-state index contributed by atoms with van der Waals surface area (Å²) in [6.45, 7) is 5.46. The van der Waals surface area contributed by atoms with Crippen LogP contribution in [0.15, 0.2) is 59.4 Å². The van der Waals surface area contributed by atoms with Gasteiger partial charge in [0.2, 0.25) is 0 Å². The van der Waals surface area contributed by atoms with Gasteiger partial charge in [0.1, 0.15) is 11.3 Å². The Morgan fingerprint density at radius 3 is 2.43 bits per heavy atom. The predicted molar refractivity (Wildman–Crippen MR) is 146 cm³/mol. The number of carbonyl (C=O) groups is 1. The fourth-order valence-corrected chi connectivity index (χ4v) is 7.80. The Kier molecular flexibility index (Phi) is 6.10. The van der Waals surface area contributed by atoms with Crippen LogP contribution >= 0.6 is 0 Å². The summed E-state index contributed by atoms with van der Waals surface area (Å²) >= 11 is 0. The van der Waals surface area contributed by atoms with Gasteiger partial charge >= 0.3 is 0 Å². The molecule has 2 unspecified atom stereocenters. The smallest absolute Gasteiger partial charge is 0.265 e. The SMILES string of the molecule is CC(C)N(CCCN1C2CC3CC1CC(c1ccccc1)(C3)C2)C(=O)c1c(O)c2ccccc2[nH]c1=O. The Morgan fingerprint density at radius 2 is 1.73 bits per heavy atom. The van der Waals surface area contributed by atoms with E-state index in [0.717, 1.165) is 18.9 Å². The first-order valence-electron chi connectivity index (χ1n) is 13.8. The summed E-state index contributed by atoms with van der Waals surface area (Å²) in [5, 5.41) is 11.3. The maximum atomic E-state index is 13.5. The van der Waals surface area contributed by atoms with Crippen LogP contribution in [0.2, 0.25) is 0 Å². The number of amides is 1. The average molecular weight is 500 g/mol. The van der Waals surface area contributed by atoms with E-state index >= 15 is 0 Å². The molecule has 4 bridgehead atoms. The second-order valence-corrected chi connectivity index (χ2v) is 11.8. The first-order chi connectivity index (χ1) is 17.9. The van der Waals surface area contributed by atoms with Crippen molar-refractivity contribution in [2.45, 2.75) is 75.9 Å². The molecule has 6 heteroatoms. The van der Waals surface area contributed by atoms with Gasteiger partial charge in [0, 0.05) is 36.6 Å². The molecule has 0 spiro atoms. The molecule has 2 saturated heterocycles. The van der Waals surface area contributed by atoms with Gasteiger partial charge in [-0.1, -0.05) is 42.5 Å². The van der Waals surface area contributed by atoms with E-state index in [-0.39, 0.29) is 17.4 Å². The minimum atomic E-state index is -0.539. The Bertz CT molecular complexity index is 1350. The highest BCUT2D eigenvalue weighted by Gasteiger charge is 2.54. The van der Waals surface area contributed by atoms with Gasteiger partial charge in [-0.15, -0.1) is 0 Å². The molecule has 1 aromatic heterocycles. The van der Waals surface area contributed by atoms with Crippen LogP contribution in [0.25, 0.3) is 10.9 Å². The van der Waals surface area contributed by atoms with Crippen LogP contribution in [0.5, 0.6) is 5.75 Å². The fourth-order valence-electron chi connectivity index (χ4n) is 7.80. The maximum absolute atomic E-state index is 13.5. The van der Waals surface area contributed by atoms with E-state index in [2.05, 4.69) is 40.2 Å². The zero-order chi connectivity index (χ0) is 25.7. The van der Waals surface area contributed by atoms with Crippen molar-refractivity contribution < 1.29 is 9.90 Å². The molecule has 2 atom stereocenters. The first kappa shape index (κ1) is 24.2. The zero-order valence-electron chi connectivity index (χ0n) is 21.8. The van der Waals surface area contributed by atoms with Crippen LogP contribution in [0.1, 0.15) is 68.3 Å². The predicted octanol–water partition coefficient (Wildman–Crippen LogP) is 5.06. The normalized spacial score (nSPS) is 26.7. The Balaban J connectivity index is 1.16. The summed E-state index contributed by atoms with van der Waals surface area (Å²) < 4.78 is 0. The number of para-hydroxylation sites is 1. The van der Waals surface area contributed by atoms with Crippen molar-refractivity contribution in [3.05, 3.63) is 76.1 Å². The van der Waals surface area contributed by atoms with Crippen LogP contribution in [0.3, 0.4) is 0 Å². The number of carbonyl (C=O) groups excluding carboxylic acids is 1. The Hall–Kier alpha value is -3.12. The van der Waals surface area contributed by atoms with Gasteiger partial charge in [0.15, 0.2) is 0 Å². The van der Waals surface area contributed by atoms with Crippen LogP contribution in [-0.2, 0) is 5.41 Å². The summed E-state index contributed by atoms with van der Waals surface area (Å²) in [5.74, 6) is 0.193. The quantitative estimate of drug-likeness (QED) is 0.477. The molecule has 4 fully saturated rings. The van der Waals surface area contributed by atoms with Crippen LogP contribution in [0.4, 0.5) is 0 Å². The minimum Gasteiger partial charge on any atom is -0.506 e. The van der Waals surface area contributed by atoms with Gasteiger partial charge < -0.3 is 15.0 Å². The monoisotopic (exact) mass is 499 g/mol. The Morgan fingerprint density at radius 1 is 1.05 bits per heavy atom. The molecule has 2 N–H and O–H groups in total. The number of piperidine rings is 2. The van der Waals surface area contributed by atoms with Gasteiger partial charge in [-0.3, -0.25) is 14.5 Å². The summed E-state index contributed by atoms with van der Waals surface area (Å²) in [5.41, 5.74) is 1.68. The van der Waals surface area contributed by atoms with Gasteiger partial charge in [0.05, 0.1) is 5.52 Å². The number of nitrogens with one attached hydrogen (secondary N) is 1. The fraction of sp³-hybridized carbons (Fsp3) is 0.484. The van der Waals surface area contributed by atoms with Crippen molar-refractivity contribution in [1.82, 2.24) is 14.8 Å². The van der Waals surface area contributed by atoms with Gasteiger partial charge in [-0.2, -0.15) is 0 Å². The lowest BCUT2D eigenvalue weighted by atomic mass is 9.53. The van der Waals surface area contributed by atoms with Crippen molar-refractivity contribution in [2.24, 2.45) is 5.92 Å². The summed E-state index contributed by atoms with van der Waals surface area (Å²) in [4.78, 5) is 33.5. The summed E-state index contributed by atoms with van der Waals surface area (Å²) in [6, 6.07) is 19.3. The number of pyridine rings is 1. The number of aromatic nitrogens is 1. The third-order valence-corrected chi connectivity index (χ3v) is 9.27. The topological polar surface area (TPSA) is 76.6 Å². The number of nitrogens with zero attached hydrogens (tertiary/aromatic N) is 2. The van der Waals surface area contributed by atoms with Crippen molar-refractivity contribution in [3.63, 3.8) is 0 Å². The van der Waals surface area contributed by atoms with E-state index in [1.54, 1.807) is 29.2 Å². The Labute approximate surface area is 218 Å². The summed E-state index contributed by atoms with van der Waals surface area (Å²) in [6.07, 6.45) is 7.23. The van der Waals surface area contributed by atoms with Crippen molar-refractivity contribution in [3.8, 4) is 5.75 Å². The second kappa shape index (κ2) is 9.32. The highest BCUT2D eigenvalue weighted by atomic mass is 16.3. The number of fused-ring (bicyclic) bond motifs is 1. The molecule has 2 saturated carbocycles. The van der Waals surface area contributed by atoms with Crippen molar-refractivity contribution in [2.75, 3.05) is 13.1 Å². The highest BCUT2D eigenvalue weighted by molar-refractivity contribution is 6.02. The standard InChI is InChI=1S/C31H37N3O3/c1-20(2)33(30(37)27-28(35)25-11-6-7-12-26(25)32-29(27)36)13-8-14-34-23-15-21-16-24(34)19-31(17-21,18-23)22-9-4-3-5-10-22/h3-7,9-12,20-21,23-24H,8,13-19H2,1-2H3,(H2,32,35,36). The zero-order valence-corrected chi connectivity index (χ0v) is 21.8. The molecule has 37 heavy (non-hydrogen) atoms. The number of hydrogen-bond donors (Lipinski definition) is 2. The molecular weight excluding hydrogens is 462 g/mol. The second-order valence-electron chi connectivity index (χ2n) is 11.8. The molecule has 3 aromatic rings. The molecule has 194 valence electrons. The molecule has 2 aliphatic heterocycles. The molecular formula is C31H37N3O3. The number of aromatic amines is 1. The lowest BCUT2D eigenvalue weighted by Crippen LogP contribution is -2.63. The third-order valence-electron chi connectivity index (χ3n) is 9.27. The molecule has 4 aliphatic rings. The van der Waals surface area contributed by atoms with E-state index in [4.69, 9.17) is 0 Å². The molecule has 2 aliphatic carbocycles. The van der Waals surface area contributed by atoms with Gasteiger partial charge in [0.25, 0.3) is 11.5 Å². The van der Waals surface area contributed by atoms with E-state index < -0.39 is 11.5 Å². The molecule has 3 heterocycles. The first-order valence-corrected chi connectivity index (χ1v) is 13.8. The van der Waals surface area contributed by atoms with E-state index in [1.165, 1.54) is 37.7 Å². The molecule has 7 rings (SSSR count). The third kappa shape index (κ3) is 4.15. The molecule has 1 amide bonds. The van der Waals surface area contributed by atoms with E-state index in [1.807, 2.05) is 13.8 Å². The summed E-state index contributed by atoms with van der Waals surface area (Å²) in [7, 11) is 0. The van der Waals surface area contributed by atoms with Crippen molar-refractivity contribution in [1.29, 1.82) is 0 Å². The van der Waals surface area contributed by atoms with E-state index in [0.29, 0.717) is 34.9 Å². The number of aromatic hydroxyl groups is 1. The lowest BCUT2D eigenvalue weighted by Gasteiger charge is -2.62. The van der Waals surface area contributed by atoms with Gasteiger partial charge in [-0.05, 0) is 81.4 Å². The van der Waals surface area contributed by atoms with Gasteiger partial charge in [-0.25, -0.2) is 0 Å². The van der Waals surface area contributed by atoms with Crippen LogP contribution in [0, 0.1) is 5.92 Å². The number of benzene rings is 2. The molecule has 6 nitrogen and oxygen atoms in total. The van der Waals surface area contributed by atoms with E-state index in [9.17, 15) is 14.7 Å². The maximum Gasteiger partial charge on any atom is 0.265 e. The number of H-pyrrole nitrogens is 1. The van der Waals surface area contributed by atoms with Crippen LogP contribution < -0.4 is 5.56 Å². The highest BCUT2D eigenvalue weighted by Crippen LogP contribution is 2.57. The largest absolute Gasteiger partial charge is 0.506 e. The lowest BCUT2D eigenvalue weighted by molar-refractivity contribution is -0.0757. The van der Waals surface area contributed by atoms with Crippen molar-refractivity contribution >= 4 is 16.8 Å². The molecule has 0 radical (unpaired) electrons. The minimum absolute atomic E-state index is 0.0763. The van der Waals surface area contributed by atoms with Crippen LogP contribution in [-0.4, -0.2) is 57.0 Å². The average Bonchev–Trinajstić information content (AvgIpc) is 2.88. The molecule has 2 aromatic carbocycles.